The zero-order valence-corrected chi connectivity index (χ0v) is 21.2. The van der Waals surface area contributed by atoms with Gasteiger partial charge in [-0.05, 0) is 50.8 Å². The first-order valence-corrected chi connectivity index (χ1v) is 11.1. The van der Waals surface area contributed by atoms with Crippen LogP contribution in [-0.2, 0) is 11.3 Å². The first-order chi connectivity index (χ1) is 14.2. The molecule has 0 aromatic carbocycles. The maximum atomic E-state index is 5.47. The van der Waals surface area contributed by atoms with Crippen LogP contribution >= 0.6 is 24.0 Å². The van der Waals surface area contributed by atoms with Gasteiger partial charge in [-0.25, -0.2) is 9.98 Å². The third kappa shape index (κ3) is 7.85. The van der Waals surface area contributed by atoms with Crippen molar-refractivity contribution >= 4 is 35.8 Å². The molecule has 1 aromatic heterocycles. The van der Waals surface area contributed by atoms with E-state index in [0.29, 0.717) is 6.54 Å². The summed E-state index contributed by atoms with van der Waals surface area (Å²) in [5.41, 5.74) is 1.15. The highest BCUT2D eigenvalue weighted by atomic mass is 127. The summed E-state index contributed by atoms with van der Waals surface area (Å²) in [6, 6.07) is 4.30. The van der Waals surface area contributed by atoms with Gasteiger partial charge in [-0.3, -0.25) is 0 Å². The lowest BCUT2D eigenvalue weighted by atomic mass is 9.96. The summed E-state index contributed by atoms with van der Waals surface area (Å²) in [7, 11) is 4.31. The molecule has 0 radical (unpaired) electrons. The predicted octanol–water partition coefficient (Wildman–Crippen LogP) is 2.67. The molecule has 2 fully saturated rings. The highest BCUT2D eigenvalue weighted by Crippen LogP contribution is 2.18. The summed E-state index contributed by atoms with van der Waals surface area (Å²) in [5.74, 6) is 2.83. The maximum Gasteiger partial charge on any atom is 0.193 e. The zero-order chi connectivity index (χ0) is 20.5. The van der Waals surface area contributed by atoms with Gasteiger partial charge in [0.05, 0.1) is 6.54 Å². The second kappa shape index (κ2) is 13.3. The smallest absolute Gasteiger partial charge is 0.193 e. The average Bonchev–Trinajstić information content (AvgIpc) is 2.76. The molecule has 170 valence electrons. The third-order valence-corrected chi connectivity index (χ3v) is 5.96. The highest BCUT2D eigenvalue weighted by Gasteiger charge is 2.16. The standard InChI is InChI=1S/C22H38N6O.HI/c1-4-23-22(27(3)10-7-19-8-15-29-16-9-19)25-18-20-5-6-21(24-17-20)28-13-11-26(2)12-14-28;/h5-6,17,19H,4,7-16,18H2,1-3H3,(H,23,25);1H. The van der Waals surface area contributed by atoms with Crippen LogP contribution in [0.2, 0.25) is 0 Å². The summed E-state index contributed by atoms with van der Waals surface area (Å²) >= 11 is 0. The number of likely N-dealkylation sites (N-methyl/N-ethyl adjacent to an activating group) is 1. The van der Waals surface area contributed by atoms with E-state index in [0.717, 1.165) is 75.7 Å². The molecule has 2 aliphatic heterocycles. The van der Waals surface area contributed by atoms with Crippen molar-refractivity contribution in [2.45, 2.75) is 32.7 Å². The fourth-order valence-corrected chi connectivity index (χ4v) is 3.89. The summed E-state index contributed by atoms with van der Waals surface area (Å²) in [4.78, 5) is 16.5. The van der Waals surface area contributed by atoms with Crippen molar-refractivity contribution in [2.24, 2.45) is 10.9 Å². The van der Waals surface area contributed by atoms with Gasteiger partial charge in [0.1, 0.15) is 5.82 Å². The molecular weight excluding hydrogens is 491 g/mol. The number of guanidine groups is 1. The lowest BCUT2D eigenvalue weighted by Crippen LogP contribution is -2.44. The first kappa shape index (κ1) is 25.1. The van der Waals surface area contributed by atoms with Gasteiger partial charge < -0.3 is 24.8 Å². The molecule has 0 amide bonds. The quantitative estimate of drug-likeness (QED) is 0.333. The Balaban J connectivity index is 0.00000320. The molecule has 3 rings (SSSR count). The number of pyridine rings is 1. The van der Waals surface area contributed by atoms with Crippen molar-refractivity contribution in [3.05, 3.63) is 23.9 Å². The van der Waals surface area contributed by atoms with Crippen LogP contribution in [0.1, 0.15) is 31.7 Å². The fraction of sp³-hybridized carbons (Fsp3) is 0.727. The maximum absolute atomic E-state index is 5.47. The summed E-state index contributed by atoms with van der Waals surface area (Å²) in [5, 5.41) is 3.43. The van der Waals surface area contributed by atoms with E-state index < -0.39 is 0 Å². The fourth-order valence-electron chi connectivity index (χ4n) is 3.89. The number of piperazine rings is 1. The van der Waals surface area contributed by atoms with E-state index >= 15 is 0 Å². The van der Waals surface area contributed by atoms with Gasteiger partial charge in [-0.1, -0.05) is 6.07 Å². The number of anilines is 1. The summed E-state index contributed by atoms with van der Waals surface area (Å²) < 4.78 is 5.47. The van der Waals surface area contributed by atoms with Crippen molar-refractivity contribution in [2.75, 3.05) is 71.5 Å². The van der Waals surface area contributed by atoms with Crippen LogP contribution in [0.15, 0.2) is 23.3 Å². The summed E-state index contributed by atoms with van der Waals surface area (Å²) in [6.07, 6.45) is 5.55. The number of nitrogens with one attached hydrogen (secondary N) is 1. The Morgan fingerprint density at radius 2 is 1.97 bits per heavy atom. The van der Waals surface area contributed by atoms with Gasteiger partial charge in [0.2, 0.25) is 0 Å². The first-order valence-electron chi connectivity index (χ1n) is 11.1. The Hall–Kier alpha value is -1.13. The van der Waals surface area contributed by atoms with Gasteiger partial charge in [-0.15, -0.1) is 24.0 Å². The number of rotatable bonds is 7. The zero-order valence-electron chi connectivity index (χ0n) is 18.8. The second-order valence-electron chi connectivity index (χ2n) is 8.25. The summed E-state index contributed by atoms with van der Waals surface area (Å²) in [6.45, 7) is 10.8. The molecular formula is C22H39IN6O. The predicted molar refractivity (Wildman–Crippen MR) is 135 cm³/mol. The van der Waals surface area contributed by atoms with Crippen LogP contribution in [0.3, 0.4) is 0 Å². The number of aromatic nitrogens is 1. The minimum Gasteiger partial charge on any atom is -0.381 e. The molecule has 2 aliphatic rings. The van der Waals surface area contributed by atoms with Gasteiger partial charge in [0, 0.05) is 65.7 Å². The Morgan fingerprint density at radius 1 is 1.23 bits per heavy atom. The molecule has 0 atom stereocenters. The Kier molecular flexibility index (Phi) is 11.2. The minimum atomic E-state index is 0. The largest absolute Gasteiger partial charge is 0.381 e. The highest BCUT2D eigenvalue weighted by molar-refractivity contribution is 14.0. The molecule has 0 aliphatic carbocycles. The van der Waals surface area contributed by atoms with Crippen LogP contribution in [0.5, 0.6) is 0 Å². The number of hydrogen-bond donors (Lipinski definition) is 1. The van der Waals surface area contributed by atoms with Crippen LogP contribution in [-0.4, -0.2) is 87.3 Å². The van der Waals surface area contributed by atoms with E-state index in [1.807, 2.05) is 6.20 Å². The number of nitrogens with zero attached hydrogens (tertiary/aromatic N) is 5. The average molecular weight is 530 g/mol. The van der Waals surface area contributed by atoms with Crippen molar-refractivity contribution in [1.82, 2.24) is 20.1 Å². The molecule has 1 aromatic rings. The van der Waals surface area contributed by atoms with E-state index in [1.54, 1.807) is 0 Å². The SMILES string of the molecule is CCNC(=NCc1ccc(N2CCN(C)CC2)nc1)N(C)CCC1CCOCC1.I. The number of aliphatic imine (C=N–C) groups is 1. The minimum absolute atomic E-state index is 0. The Labute approximate surface area is 199 Å². The molecule has 0 unspecified atom stereocenters. The Bertz CT molecular complexity index is 627. The van der Waals surface area contributed by atoms with Crippen molar-refractivity contribution < 1.29 is 4.74 Å². The molecule has 0 bridgehead atoms. The molecule has 3 heterocycles. The van der Waals surface area contributed by atoms with E-state index in [-0.39, 0.29) is 24.0 Å². The van der Waals surface area contributed by atoms with Crippen LogP contribution in [0, 0.1) is 5.92 Å². The van der Waals surface area contributed by atoms with E-state index in [9.17, 15) is 0 Å². The van der Waals surface area contributed by atoms with Crippen LogP contribution < -0.4 is 10.2 Å². The van der Waals surface area contributed by atoms with Gasteiger partial charge in [0.25, 0.3) is 0 Å². The van der Waals surface area contributed by atoms with Gasteiger partial charge in [0.15, 0.2) is 5.96 Å². The third-order valence-electron chi connectivity index (χ3n) is 5.96. The van der Waals surface area contributed by atoms with E-state index in [2.05, 4.69) is 58.2 Å². The molecule has 8 heteroatoms. The lowest BCUT2D eigenvalue weighted by Gasteiger charge is -2.33. The number of halogens is 1. The lowest BCUT2D eigenvalue weighted by molar-refractivity contribution is 0.0625. The van der Waals surface area contributed by atoms with Crippen molar-refractivity contribution in [3.63, 3.8) is 0 Å². The molecule has 30 heavy (non-hydrogen) atoms. The molecule has 1 N–H and O–H groups in total. The van der Waals surface area contributed by atoms with Gasteiger partial charge >= 0.3 is 0 Å². The van der Waals surface area contributed by atoms with Gasteiger partial charge in [-0.2, -0.15) is 0 Å². The van der Waals surface area contributed by atoms with E-state index in [4.69, 9.17) is 9.73 Å². The molecule has 0 saturated carbocycles. The normalized spacial score (nSPS) is 18.8. The second-order valence-corrected chi connectivity index (χ2v) is 8.25. The number of ether oxygens (including phenoxy) is 1. The Morgan fingerprint density at radius 3 is 2.60 bits per heavy atom. The van der Waals surface area contributed by atoms with E-state index in [1.165, 1.54) is 19.3 Å². The molecule has 2 saturated heterocycles. The van der Waals surface area contributed by atoms with Crippen LogP contribution in [0.25, 0.3) is 0 Å². The van der Waals surface area contributed by atoms with Crippen molar-refractivity contribution in [1.29, 1.82) is 0 Å². The molecule has 7 nitrogen and oxygen atoms in total. The topological polar surface area (TPSA) is 56.2 Å². The number of hydrogen-bond acceptors (Lipinski definition) is 5. The molecule has 0 spiro atoms. The monoisotopic (exact) mass is 530 g/mol. The van der Waals surface area contributed by atoms with Crippen molar-refractivity contribution in [3.8, 4) is 0 Å². The van der Waals surface area contributed by atoms with Crippen LogP contribution in [0.4, 0.5) is 5.82 Å².